The third-order valence-electron chi connectivity index (χ3n) is 4.32. The number of amides is 1. The Balaban J connectivity index is 1.72. The van der Waals surface area contributed by atoms with Gasteiger partial charge in [-0.3, -0.25) is 14.9 Å². The molecule has 0 aromatic heterocycles. The van der Waals surface area contributed by atoms with Gasteiger partial charge >= 0.3 is 5.97 Å². The number of hydrogen-bond donors (Lipinski definition) is 1. The number of para-hydroxylation sites is 1. The minimum Gasteiger partial charge on any atom is -0.465 e. The van der Waals surface area contributed by atoms with E-state index >= 15 is 0 Å². The molecule has 7 heteroatoms. The maximum absolute atomic E-state index is 12.4. The lowest BCUT2D eigenvalue weighted by atomic mass is 10.1. The van der Waals surface area contributed by atoms with Gasteiger partial charge in [-0.2, -0.15) is 0 Å². The second-order valence-electron chi connectivity index (χ2n) is 6.51. The van der Waals surface area contributed by atoms with Crippen molar-refractivity contribution < 1.29 is 19.2 Å². The fourth-order valence-corrected chi connectivity index (χ4v) is 2.88. The maximum atomic E-state index is 12.4. The number of carbonyl (C=O) groups is 2. The first-order valence-corrected chi connectivity index (χ1v) is 9.29. The topological polar surface area (TPSA) is 98.5 Å². The number of anilines is 1. The van der Waals surface area contributed by atoms with E-state index in [0.29, 0.717) is 27.9 Å². The lowest BCUT2D eigenvalue weighted by molar-refractivity contribution is -0.385. The van der Waals surface area contributed by atoms with Crippen molar-refractivity contribution in [2.24, 2.45) is 0 Å². The molecule has 0 heterocycles. The fourth-order valence-electron chi connectivity index (χ4n) is 2.88. The SMILES string of the molecule is COC(=O)c1cccc(C#Cc2cccc(NC(=O)Cc3ccccc3[N+](=O)[O-])c2)c1. The van der Waals surface area contributed by atoms with E-state index in [4.69, 9.17) is 4.74 Å². The van der Waals surface area contributed by atoms with Crippen LogP contribution in [0.4, 0.5) is 11.4 Å². The molecule has 0 radical (unpaired) electrons. The summed E-state index contributed by atoms with van der Waals surface area (Å²) in [7, 11) is 1.32. The first-order valence-electron chi connectivity index (χ1n) is 9.29. The molecular formula is C24H18N2O5. The number of ether oxygens (including phenoxy) is 1. The monoisotopic (exact) mass is 414 g/mol. The quantitative estimate of drug-likeness (QED) is 0.295. The molecule has 0 aliphatic heterocycles. The molecule has 0 saturated heterocycles. The average Bonchev–Trinajstić information content (AvgIpc) is 2.77. The molecule has 1 N–H and O–H groups in total. The molecule has 3 aromatic carbocycles. The van der Waals surface area contributed by atoms with Crippen LogP contribution in [0.25, 0.3) is 0 Å². The van der Waals surface area contributed by atoms with Crippen LogP contribution in [0.5, 0.6) is 0 Å². The molecule has 0 unspecified atom stereocenters. The van der Waals surface area contributed by atoms with E-state index in [1.807, 2.05) is 0 Å². The van der Waals surface area contributed by atoms with Crippen molar-refractivity contribution in [2.75, 3.05) is 12.4 Å². The average molecular weight is 414 g/mol. The molecule has 31 heavy (non-hydrogen) atoms. The van der Waals surface area contributed by atoms with Gasteiger partial charge in [0, 0.05) is 28.4 Å². The summed E-state index contributed by atoms with van der Waals surface area (Å²) in [5.41, 5.74) is 2.49. The van der Waals surface area contributed by atoms with Crippen molar-refractivity contribution >= 4 is 23.3 Å². The standard InChI is InChI=1S/C24H18N2O5/c1-31-24(28)20-9-4-6-17(14-20)12-13-18-7-5-10-21(15-18)25-23(27)16-19-8-2-3-11-22(19)26(29)30/h2-11,14-15H,16H2,1H3,(H,25,27). The number of methoxy groups -OCH3 is 1. The second kappa shape index (κ2) is 9.85. The Morgan fingerprint density at radius 1 is 0.968 bits per heavy atom. The number of hydrogen-bond acceptors (Lipinski definition) is 5. The Hall–Kier alpha value is -4.44. The highest BCUT2D eigenvalue weighted by Gasteiger charge is 2.15. The summed E-state index contributed by atoms with van der Waals surface area (Å²) < 4.78 is 4.71. The number of nitrogens with one attached hydrogen (secondary N) is 1. The van der Waals surface area contributed by atoms with Gasteiger partial charge in [0.05, 0.1) is 24.0 Å². The Morgan fingerprint density at radius 3 is 2.35 bits per heavy atom. The fraction of sp³-hybridized carbons (Fsp3) is 0.0833. The number of benzene rings is 3. The van der Waals surface area contributed by atoms with Crippen molar-refractivity contribution in [3.8, 4) is 11.8 Å². The zero-order valence-corrected chi connectivity index (χ0v) is 16.6. The Morgan fingerprint density at radius 2 is 1.65 bits per heavy atom. The third-order valence-corrected chi connectivity index (χ3v) is 4.32. The highest BCUT2D eigenvalue weighted by molar-refractivity contribution is 5.93. The third kappa shape index (κ3) is 5.78. The normalized spacial score (nSPS) is 9.84. The van der Waals surface area contributed by atoms with E-state index < -0.39 is 10.9 Å². The number of esters is 1. The zero-order valence-electron chi connectivity index (χ0n) is 16.6. The predicted octanol–water partition coefficient (Wildman–Crippen LogP) is 3.96. The van der Waals surface area contributed by atoms with E-state index in [-0.39, 0.29) is 18.0 Å². The zero-order chi connectivity index (χ0) is 22.2. The summed E-state index contributed by atoms with van der Waals surface area (Å²) in [4.78, 5) is 34.6. The summed E-state index contributed by atoms with van der Waals surface area (Å²) in [5, 5.41) is 13.8. The van der Waals surface area contributed by atoms with Crippen molar-refractivity contribution in [3.05, 3.63) is 105 Å². The van der Waals surface area contributed by atoms with Gasteiger partial charge < -0.3 is 10.1 Å². The summed E-state index contributed by atoms with van der Waals surface area (Å²) in [6.07, 6.45) is -0.118. The van der Waals surface area contributed by atoms with Crippen LogP contribution >= 0.6 is 0 Å². The van der Waals surface area contributed by atoms with Crippen LogP contribution in [0.3, 0.4) is 0 Å². The predicted molar refractivity (Wildman–Crippen MR) is 116 cm³/mol. The van der Waals surface area contributed by atoms with Crippen LogP contribution in [-0.2, 0) is 16.0 Å². The van der Waals surface area contributed by atoms with Crippen LogP contribution in [0, 0.1) is 22.0 Å². The first-order chi connectivity index (χ1) is 15.0. The smallest absolute Gasteiger partial charge is 0.337 e. The molecule has 3 rings (SSSR count). The number of nitro groups is 1. The number of nitro benzene ring substituents is 1. The van der Waals surface area contributed by atoms with E-state index in [1.54, 1.807) is 66.7 Å². The van der Waals surface area contributed by atoms with Crippen LogP contribution in [0.15, 0.2) is 72.8 Å². The van der Waals surface area contributed by atoms with E-state index in [1.165, 1.54) is 13.2 Å². The summed E-state index contributed by atoms with van der Waals surface area (Å²) in [6, 6.07) is 19.9. The minimum atomic E-state index is -0.506. The van der Waals surface area contributed by atoms with Crippen molar-refractivity contribution in [3.63, 3.8) is 0 Å². The van der Waals surface area contributed by atoms with Crippen molar-refractivity contribution in [2.45, 2.75) is 6.42 Å². The van der Waals surface area contributed by atoms with Crippen LogP contribution in [-0.4, -0.2) is 23.9 Å². The summed E-state index contributed by atoms with van der Waals surface area (Å²) in [5.74, 6) is 5.16. The number of rotatable bonds is 5. The molecule has 0 atom stereocenters. The van der Waals surface area contributed by atoms with Crippen LogP contribution in [0.1, 0.15) is 27.0 Å². The molecular weight excluding hydrogens is 396 g/mol. The molecule has 0 bridgehead atoms. The molecule has 7 nitrogen and oxygen atoms in total. The van der Waals surface area contributed by atoms with Gasteiger partial charge in [0.2, 0.25) is 5.91 Å². The van der Waals surface area contributed by atoms with Gasteiger partial charge in [0.15, 0.2) is 0 Å². The largest absolute Gasteiger partial charge is 0.465 e. The van der Waals surface area contributed by atoms with Gasteiger partial charge in [0.25, 0.3) is 5.69 Å². The molecule has 0 aliphatic rings. The minimum absolute atomic E-state index is 0.0912. The summed E-state index contributed by atoms with van der Waals surface area (Å²) in [6.45, 7) is 0. The molecule has 154 valence electrons. The molecule has 0 spiro atoms. The van der Waals surface area contributed by atoms with E-state index in [2.05, 4.69) is 17.2 Å². The van der Waals surface area contributed by atoms with Gasteiger partial charge in [0.1, 0.15) is 0 Å². The summed E-state index contributed by atoms with van der Waals surface area (Å²) >= 11 is 0. The van der Waals surface area contributed by atoms with E-state index in [9.17, 15) is 19.7 Å². The Bertz CT molecular complexity index is 1210. The highest BCUT2D eigenvalue weighted by atomic mass is 16.6. The van der Waals surface area contributed by atoms with Gasteiger partial charge in [-0.05, 0) is 36.4 Å². The Labute approximate surface area is 178 Å². The molecule has 0 aliphatic carbocycles. The van der Waals surface area contributed by atoms with Gasteiger partial charge in [-0.15, -0.1) is 0 Å². The first kappa shape index (κ1) is 21.3. The van der Waals surface area contributed by atoms with Crippen LogP contribution in [0.2, 0.25) is 0 Å². The lowest BCUT2D eigenvalue weighted by Gasteiger charge is -2.06. The highest BCUT2D eigenvalue weighted by Crippen LogP contribution is 2.19. The van der Waals surface area contributed by atoms with Crippen molar-refractivity contribution in [1.82, 2.24) is 0 Å². The van der Waals surface area contributed by atoms with Crippen molar-refractivity contribution in [1.29, 1.82) is 0 Å². The van der Waals surface area contributed by atoms with Crippen LogP contribution < -0.4 is 5.32 Å². The number of carbonyl (C=O) groups excluding carboxylic acids is 2. The molecule has 3 aromatic rings. The second-order valence-corrected chi connectivity index (χ2v) is 6.51. The molecule has 1 amide bonds. The maximum Gasteiger partial charge on any atom is 0.337 e. The van der Waals surface area contributed by atoms with E-state index in [0.717, 1.165) is 0 Å². The number of nitrogens with zero attached hydrogens (tertiary/aromatic N) is 1. The Kier molecular flexibility index (Phi) is 6.76. The van der Waals surface area contributed by atoms with Gasteiger partial charge in [-0.25, -0.2) is 4.79 Å². The van der Waals surface area contributed by atoms with Gasteiger partial charge in [-0.1, -0.05) is 42.2 Å². The molecule has 0 fully saturated rings. The lowest BCUT2D eigenvalue weighted by Crippen LogP contribution is -2.15. The molecule has 0 saturated carbocycles.